The second-order valence-corrected chi connectivity index (χ2v) is 6.49. The van der Waals surface area contributed by atoms with Gasteiger partial charge in [0, 0.05) is 24.7 Å². The third kappa shape index (κ3) is 3.93. The third-order valence-electron chi connectivity index (χ3n) is 4.63. The maximum Gasteiger partial charge on any atom is 0.343 e. The number of pyridine rings is 1. The van der Waals surface area contributed by atoms with Gasteiger partial charge in [-0.25, -0.2) is 4.79 Å². The van der Waals surface area contributed by atoms with E-state index in [4.69, 9.17) is 0 Å². The largest absolute Gasteiger partial charge is 0.465 e. The van der Waals surface area contributed by atoms with Crippen LogP contribution in [0.4, 0.5) is 5.69 Å². The van der Waals surface area contributed by atoms with Crippen LogP contribution in [0.1, 0.15) is 39.1 Å². The summed E-state index contributed by atoms with van der Waals surface area (Å²) in [5, 5.41) is 11.1. The lowest BCUT2D eigenvalue weighted by Gasteiger charge is -2.15. The van der Waals surface area contributed by atoms with Crippen molar-refractivity contribution in [2.24, 2.45) is 0 Å². The molecule has 1 fully saturated rings. The Kier molecular flexibility index (Phi) is 5.53. The molecule has 0 bridgehead atoms. The molecular formula is C19H19N3O6. The van der Waals surface area contributed by atoms with Crippen molar-refractivity contribution >= 4 is 17.6 Å². The average Bonchev–Trinajstić information content (AvgIpc) is 3.23. The number of hydrogen-bond donors (Lipinski definition) is 0. The molecule has 1 aliphatic heterocycles. The summed E-state index contributed by atoms with van der Waals surface area (Å²) in [6.45, 7) is 1.52. The van der Waals surface area contributed by atoms with Crippen molar-refractivity contribution in [2.75, 3.05) is 20.2 Å². The molecule has 9 nitrogen and oxygen atoms in total. The first-order valence-corrected chi connectivity index (χ1v) is 8.76. The number of likely N-dealkylation sites (tertiary alicyclic amines) is 1. The van der Waals surface area contributed by atoms with E-state index in [-0.39, 0.29) is 18.1 Å². The molecular weight excluding hydrogens is 366 g/mol. The zero-order valence-electron chi connectivity index (χ0n) is 15.3. The van der Waals surface area contributed by atoms with Gasteiger partial charge in [0.25, 0.3) is 17.2 Å². The maximum absolute atomic E-state index is 12.5. The van der Waals surface area contributed by atoms with Crippen LogP contribution >= 0.6 is 0 Å². The van der Waals surface area contributed by atoms with Crippen molar-refractivity contribution in [3.63, 3.8) is 0 Å². The summed E-state index contributed by atoms with van der Waals surface area (Å²) in [5.41, 5.74) is -0.267. The molecule has 2 heterocycles. The number of rotatable bonds is 5. The lowest BCUT2D eigenvalue weighted by Crippen LogP contribution is -2.28. The van der Waals surface area contributed by atoms with E-state index in [1.165, 1.54) is 0 Å². The van der Waals surface area contributed by atoms with Crippen molar-refractivity contribution in [1.82, 2.24) is 9.47 Å². The fourth-order valence-corrected chi connectivity index (χ4v) is 3.15. The summed E-state index contributed by atoms with van der Waals surface area (Å²) in [6.07, 6.45) is 3.09. The van der Waals surface area contributed by atoms with Gasteiger partial charge >= 0.3 is 5.97 Å². The Hall–Kier alpha value is -3.49. The monoisotopic (exact) mass is 385 g/mol. The molecule has 0 saturated carbocycles. The molecule has 1 saturated heterocycles. The van der Waals surface area contributed by atoms with Crippen molar-refractivity contribution in [3.8, 4) is 0 Å². The molecule has 2 aromatic rings. The highest BCUT2D eigenvalue weighted by atomic mass is 16.6. The van der Waals surface area contributed by atoms with Crippen molar-refractivity contribution in [3.05, 3.63) is 73.7 Å². The Morgan fingerprint density at radius 2 is 1.82 bits per heavy atom. The lowest BCUT2D eigenvalue weighted by molar-refractivity contribution is -0.385. The molecule has 1 aromatic heterocycles. The molecule has 1 aromatic carbocycles. The topological polar surface area (TPSA) is 112 Å². The fraction of sp³-hybridized carbons (Fsp3) is 0.316. The number of ether oxygens (including phenoxy) is 1. The summed E-state index contributed by atoms with van der Waals surface area (Å²) < 4.78 is 5.62. The molecule has 3 rings (SSSR count). The van der Waals surface area contributed by atoms with Gasteiger partial charge in [-0.3, -0.25) is 19.7 Å². The lowest BCUT2D eigenvalue weighted by atomic mass is 10.1. The Morgan fingerprint density at radius 3 is 2.39 bits per heavy atom. The number of hydrogen-bond acceptors (Lipinski definition) is 6. The predicted molar refractivity (Wildman–Crippen MR) is 99.4 cm³/mol. The smallest absolute Gasteiger partial charge is 0.343 e. The first-order chi connectivity index (χ1) is 13.4. The zero-order chi connectivity index (χ0) is 20.3. The van der Waals surface area contributed by atoms with Crippen LogP contribution in [0, 0.1) is 10.1 Å². The third-order valence-corrected chi connectivity index (χ3v) is 4.63. The van der Waals surface area contributed by atoms with Gasteiger partial charge in [0.2, 0.25) is 0 Å². The van der Waals surface area contributed by atoms with Crippen molar-refractivity contribution in [1.29, 1.82) is 0 Å². The van der Waals surface area contributed by atoms with Crippen LogP contribution in [0.25, 0.3) is 0 Å². The number of carbonyl (C=O) groups is 2. The fourth-order valence-electron chi connectivity index (χ4n) is 3.15. The van der Waals surface area contributed by atoms with E-state index in [0.717, 1.165) is 49.9 Å². The van der Waals surface area contributed by atoms with Gasteiger partial charge in [-0.05, 0) is 30.5 Å². The zero-order valence-corrected chi connectivity index (χ0v) is 15.3. The predicted octanol–water partition coefficient (Wildman–Crippen LogP) is 1.83. The quantitative estimate of drug-likeness (QED) is 0.441. The van der Waals surface area contributed by atoms with Gasteiger partial charge in [-0.15, -0.1) is 0 Å². The van der Waals surface area contributed by atoms with Gasteiger partial charge in [0.05, 0.1) is 24.8 Å². The van der Waals surface area contributed by atoms with Crippen LogP contribution in [0.5, 0.6) is 0 Å². The summed E-state index contributed by atoms with van der Waals surface area (Å²) in [4.78, 5) is 48.9. The number of esters is 1. The van der Waals surface area contributed by atoms with Crippen LogP contribution < -0.4 is 5.56 Å². The van der Waals surface area contributed by atoms with E-state index in [1.807, 2.05) is 0 Å². The molecule has 28 heavy (non-hydrogen) atoms. The number of benzene rings is 1. The minimum atomic E-state index is -0.936. The summed E-state index contributed by atoms with van der Waals surface area (Å²) in [7, 11) is 1.10. The average molecular weight is 385 g/mol. The van der Waals surface area contributed by atoms with Crippen LogP contribution in [-0.4, -0.2) is 46.5 Å². The standard InChI is InChI=1S/C19H19N3O6/c1-28-19(25)16-10-15(22(26)27)12-21(18(16)24)11-13-4-6-14(7-5-13)17(23)20-8-2-3-9-20/h4-7,10,12H,2-3,8-9,11H2,1H3. The highest BCUT2D eigenvalue weighted by Gasteiger charge is 2.21. The molecule has 0 atom stereocenters. The number of carbonyl (C=O) groups excluding carboxylic acids is 2. The Morgan fingerprint density at radius 1 is 1.18 bits per heavy atom. The number of nitrogens with zero attached hydrogens (tertiary/aromatic N) is 3. The minimum absolute atomic E-state index is 0.0166. The van der Waals surface area contributed by atoms with E-state index in [1.54, 1.807) is 29.2 Å². The van der Waals surface area contributed by atoms with E-state index < -0.39 is 22.0 Å². The van der Waals surface area contributed by atoms with Crippen LogP contribution in [0.3, 0.4) is 0 Å². The summed E-state index contributed by atoms with van der Waals surface area (Å²) in [5.74, 6) is -0.974. The molecule has 0 radical (unpaired) electrons. The van der Waals surface area contributed by atoms with E-state index in [0.29, 0.717) is 11.1 Å². The normalized spacial score (nSPS) is 13.4. The van der Waals surface area contributed by atoms with Gasteiger partial charge in [-0.1, -0.05) is 12.1 Å². The first-order valence-electron chi connectivity index (χ1n) is 8.76. The highest BCUT2D eigenvalue weighted by molar-refractivity contribution is 5.94. The van der Waals surface area contributed by atoms with Crippen molar-refractivity contribution in [2.45, 2.75) is 19.4 Å². The molecule has 146 valence electrons. The molecule has 1 amide bonds. The highest BCUT2D eigenvalue weighted by Crippen LogP contribution is 2.15. The van der Waals surface area contributed by atoms with Gasteiger partial charge in [-0.2, -0.15) is 0 Å². The Labute approximate surface area is 160 Å². The Balaban J connectivity index is 1.87. The molecule has 0 unspecified atom stereocenters. The van der Waals surface area contributed by atoms with Gasteiger partial charge in [0.15, 0.2) is 0 Å². The number of amides is 1. The van der Waals surface area contributed by atoms with E-state index in [2.05, 4.69) is 4.74 Å². The summed E-state index contributed by atoms with van der Waals surface area (Å²) >= 11 is 0. The molecule has 9 heteroatoms. The number of methoxy groups -OCH3 is 1. The van der Waals surface area contributed by atoms with E-state index in [9.17, 15) is 24.5 Å². The minimum Gasteiger partial charge on any atom is -0.465 e. The van der Waals surface area contributed by atoms with Crippen molar-refractivity contribution < 1.29 is 19.2 Å². The number of nitro groups is 1. The van der Waals surface area contributed by atoms with Crippen LogP contribution in [-0.2, 0) is 11.3 Å². The molecule has 0 N–H and O–H groups in total. The Bertz CT molecular complexity index is 974. The maximum atomic E-state index is 12.5. The van der Waals surface area contributed by atoms with Gasteiger partial charge in [0.1, 0.15) is 5.56 Å². The first kappa shape index (κ1) is 19.3. The molecule has 0 spiro atoms. The summed E-state index contributed by atoms with van der Waals surface area (Å²) in [6, 6.07) is 7.61. The number of aromatic nitrogens is 1. The van der Waals surface area contributed by atoms with Crippen LogP contribution in [0.15, 0.2) is 41.3 Å². The van der Waals surface area contributed by atoms with Gasteiger partial charge < -0.3 is 14.2 Å². The second-order valence-electron chi connectivity index (χ2n) is 6.49. The molecule has 1 aliphatic rings. The molecule has 0 aliphatic carbocycles. The van der Waals surface area contributed by atoms with Crippen LogP contribution in [0.2, 0.25) is 0 Å². The SMILES string of the molecule is COC(=O)c1cc([N+](=O)[O-])cn(Cc2ccc(C(=O)N3CCCC3)cc2)c1=O. The van der Waals surface area contributed by atoms with E-state index >= 15 is 0 Å². The second kappa shape index (κ2) is 8.03.